The van der Waals surface area contributed by atoms with Gasteiger partial charge in [0.2, 0.25) is 0 Å². The van der Waals surface area contributed by atoms with Crippen LogP contribution < -0.4 is 10.2 Å². The van der Waals surface area contributed by atoms with Gasteiger partial charge >= 0.3 is 6.09 Å². The van der Waals surface area contributed by atoms with Gasteiger partial charge in [0.15, 0.2) is 0 Å². The van der Waals surface area contributed by atoms with Gasteiger partial charge in [-0.3, -0.25) is 4.98 Å². The van der Waals surface area contributed by atoms with Crippen LogP contribution in [0, 0.1) is 11.8 Å². The lowest BCUT2D eigenvalue weighted by molar-refractivity contribution is 0.184. The zero-order valence-electron chi connectivity index (χ0n) is 14.2. The minimum absolute atomic E-state index is 0.0253. The highest BCUT2D eigenvalue weighted by atomic mass is 16.4. The normalized spacial score (nSPS) is 23.4. The molecule has 2 aromatic rings. The standard InChI is InChI=1S/C20H23N3O2/c1-2-13-7-8-18(17-4-3-9-21-19(13)17)23-11-15(14-5-6-14)10-16(12-23)22-20(24)25/h2-4,7-9,14-16,22H,1,5-6,10-12H2,(H,24,25)/t15-,16+/m1/s1. The fourth-order valence-electron chi connectivity index (χ4n) is 4.14. The predicted octanol–water partition coefficient (Wildman–Crippen LogP) is 3.75. The topological polar surface area (TPSA) is 65.5 Å². The first-order valence-electron chi connectivity index (χ1n) is 8.90. The van der Waals surface area contributed by atoms with E-state index < -0.39 is 6.09 Å². The number of hydrogen-bond donors (Lipinski definition) is 2. The molecule has 1 aromatic heterocycles. The summed E-state index contributed by atoms with van der Waals surface area (Å²) in [5.74, 6) is 1.30. The number of piperidine rings is 1. The van der Waals surface area contributed by atoms with Crippen molar-refractivity contribution in [1.29, 1.82) is 0 Å². The van der Waals surface area contributed by atoms with Crippen LogP contribution in [0.1, 0.15) is 24.8 Å². The molecule has 1 amide bonds. The van der Waals surface area contributed by atoms with Crippen molar-refractivity contribution >= 4 is 28.8 Å². The van der Waals surface area contributed by atoms with Crippen molar-refractivity contribution in [1.82, 2.24) is 10.3 Å². The Morgan fingerprint density at radius 2 is 2.12 bits per heavy atom. The van der Waals surface area contributed by atoms with Gasteiger partial charge in [0.25, 0.3) is 0 Å². The Balaban J connectivity index is 1.70. The molecule has 2 aliphatic rings. The zero-order chi connectivity index (χ0) is 17.4. The summed E-state index contributed by atoms with van der Waals surface area (Å²) in [6.07, 6.45) is 6.18. The molecule has 4 rings (SSSR count). The van der Waals surface area contributed by atoms with Crippen molar-refractivity contribution in [2.45, 2.75) is 25.3 Å². The minimum atomic E-state index is -0.935. The first kappa shape index (κ1) is 15.9. The molecule has 0 bridgehead atoms. The monoisotopic (exact) mass is 337 g/mol. The summed E-state index contributed by atoms with van der Waals surface area (Å²) in [5, 5.41) is 13.0. The van der Waals surface area contributed by atoms with Crippen LogP contribution in [-0.4, -0.2) is 35.3 Å². The molecule has 5 heteroatoms. The van der Waals surface area contributed by atoms with Crippen LogP contribution in [0.15, 0.2) is 37.0 Å². The molecule has 0 unspecified atom stereocenters. The molecule has 2 N–H and O–H groups in total. The fourth-order valence-corrected chi connectivity index (χ4v) is 4.14. The van der Waals surface area contributed by atoms with Gasteiger partial charge in [0.05, 0.1) is 11.6 Å². The highest BCUT2D eigenvalue weighted by Crippen LogP contribution is 2.42. The first-order valence-corrected chi connectivity index (χ1v) is 8.90. The van der Waals surface area contributed by atoms with Crippen LogP contribution in [0.25, 0.3) is 17.0 Å². The van der Waals surface area contributed by atoms with Gasteiger partial charge in [-0.2, -0.15) is 0 Å². The van der Waals surface area contributed by atoms with Crippen molar-refractivity contribution in [3.63, 3.8) is 0 Å². The number of fused-ring (bicyclic) bond motifs is 1. The number of pyridine rings is 1. The van der Waals surface area contributed by atoms with E-state index in [1.807, 2.05) is 12.1 Å². The van der Waals surface area contributed by atoms with E-state index in [2.05, 4.69) is 40.0 Å². The molecule has 25 heavy (non-hydrogen) atoms. The van der Waals surface area contributed by atoms with Crippen LogP contribution in [0.5, 0.6) is 0 Å². The third-order valence-corrected chi connectivity index (χ3v) is 5.44. The van der Waals surface area contributed by atoms with Crippen molar-refractivity contribution in [3.05, 3.63) is 42.6 Å². The van der Waals surface area contributed by atoms with Crippen LogP contribution in [0.2, 0.25) is 0 Å². The predicted molar refractivity (Wildman–Crippen MR) is 99.8 cm³/mol. The average molecular weight is 337 g/mol. The molecule has 1 aliphatic heterocycles. The largest absolute Gasteiger partial charge is 0.465 e. The van der Waals surface area contributed by atoms with Crippen LogP contribution in [0.3, 0.4) is 0 Å². The molecule has 1 saturated carbocycles. The maximum Gasteiger partial charge on any atom is 0.404 e. The molecule has 130 valence electrons. The molecule has 0 spiro atoms. The summed E-state index contributed by atoms with van der Waals surface area (Å²) in [5.41, 5.74) is 3.11. The van der Waals surface area contributed by atoms with Crippen molar-refractivity contribution in [3.8, 4) is 0 Å². The lowest BCUT2D eigenvalue weighted by Gasteiger charge is -2.39. The number of nitrogens with one attached hydrogen (secondary N) is 1. The Hall–Kier alpha value is -2.56. The van der Waals surface area contributed by atoms with Crippen molar-refractivity contribution in [2.75, 3.05) is 18.0 Å². The minimum Gasteiger partial charge on any atom is -0.465 e. The molecule has 2 fully saturated rings. The number of rotatable bonds is 4. The number of amides is 1. The summed E-state index contributed by atoms with van der Waals surface area (Å²) in [4.78, 5) is 18.0. The zero-order valence-corrected chi connectivity index (χ0v) is 14.2. The Morgan fingerprint density at radius 1 is 1.28 bits per heavy atom. The van der Waals surface area contributed by atoms with E-state index in [1.54, 1.807) is 6.20 Å². The molecule has 1 aliphatic carbocycles. The molecule has 1 saturated heterocycles. The molecule has 1 aromatic carbocycles. The second kappa shape index (κ2) is 6.39. The molecule has 2 atom stereocenters. The second-order valence-corrected chi connectivity index (χ2v) is 7.16. The Bertz CT molecular complexity index is 816. The SMILES string of the molecule is C=Cc1ccc(N2C[C@@H](NC(=O)O)C[C@@H](C3CC3)C2)c2cccnc12. The Labute approximate surface area is 147 Å². The van der Waals surface area contributed by atoms with Gasteiger partial charge in [-0.05, 0) is 49.3 Å². The molecule has 2 heterocycles. The quantitative estimate of drug-likeness (QED) is 0.892. The first-order chi connectivity index (χ1) is 12.2. The van der Waals surface area contributed by atoms with Crippen LogP contribution in [0.4, 0.5) is 10.5 Å². The van der Waals surface area contributed by atoms with Crippen LogP contribution in [-0.2, 0) is 0 Å². The Kier molecular flexibility index (Phi) is 4.07. The van der Waals surface area contributed by atoms with Crippen molar-refractivity contribution in [2.24, 2.45) is 11.8 Å². The number of benzene rings is 1. The molecular formula is C20H23N3O2. The highest BCUT2D eigenvalue weighted by Gasteiger charge is 2.38. The van der Waals surface area contributed by atoms with Gasteiger partial charge < -0.3 is 15.3 Å². The number of anilines is 1. The summed E-state index contributed by atoms with van der Waals surface area (Å²) in [6, 6.07) is 8.19. The maximum absolute atomic E-state index is 11.1. The number of hydrogen-bond acceptors (Lipinski definition) is 3. The fraction of sp³-hybridized carbons (Fsp3) is 0.400. The molecule has 5 nitrogen and oxygen atoms in total. The van der Waals surface area contributed by atoms with Gasteiger partial charge in [-0.25, -0.2) is 4.79 Å². The summed E-state index contributed by atoms with van der Waals surface area (Å²) in [7, 11) is 0. The van der Waals surface area contributed by atoms with E-state index in [-0.39, 0.29) is 6.04 Å². The van der Waals surface area contributed by atoms with Gasteiger partial charge in [-0.1, -0.05) is 18.7 Å². The Morgan fingerprint density at radius 3 is 2.84 bits per heavy atom. The third kappa shape index (κ3) is 3.18. The smallest absolute Gasteiger partial charge is 0.404 e. The number of nitrogens with zero attached hydrogens (tertiary/aromatic N) is 2. The van der Waals surface area contributed by atoms with Crippen molar-refractivity contribution < 1.29 is 9.90 Å². The number of carbonyl (C=O) groups is 1. The van der Waals surface area contributed by atoms with E-state index >= 15 is 0 Å². The highest BCUT2D eigenvalue weighted by molar-refractivity contribution is 5.96. The van der Waals surface area contributed by atoms with E-state index in [0.29, 0.717) is 12.5 Å². The van der Waals surface area contributed by atoms with E-state index in [4.69, 9.17) is 5.11 Å². The summed E-state index contributed by atoms with van der Waals surface area (Å²) >= 11 is 0. The third-order valence-electron chi connectivity index (χ3n) is 5.44. The van der Waals surface area contributed by atoms with Gasteiger partial charge in [-0.15, -0.1) is 0 Å². The summed E-state index contributed by atoms with van der Waals surface area (Å²) in [6.45, 7) is 5.57. The van der Waals surface area contributed by atoms with Gasteiger partial charge in [0.1, 0.15) is 0 Å². The lowest BCUT2D eigenvalue weighted by Crippen LogP contribution is -2.51. The number of carboxylic acid groups (broad SMARTS) is 1. The van der Waals surface area contributed by atoms with E-state index in [9.17, 15) is 4.79 Å². The van der Waals surface area contributed by atoms with Crippen LogP contribution >= 0.6 is 0 Å². The number of aromatic nitrogens is 1. The van der Waals surface area contributed by atoms with E-state index in [1.165, 1.54) is 12.8 Å². The lowest BCUT2D eigenvalue weighted by atomic mass is 9.89. The van der Waals surface area contributed by atoms with Gasteiger partial charge in [0, 0.05) is 35.9 Å². The maximum atomic E-state index is 11.1. The van der Waals surface area contributed by atoms with E-state index in [0.717, 1.165) is 41.0 Å². The average Bonchev–Trinajstić information content (AvgIpc) is 3.45. The summed E-state index contributed by atoms with van der Waals surface area (Å²) < 4.78 is 0. The second-order valence-electron chi connectivity index (χ2n) is 7.16. The molecular weight excluding hydrogens is 314 g/mol. The molecule has 0 radical (unpaired) electrons.